The predicted molar refractivity (Wildman–Crippen MR) is 112 cm³/mol. The maximum Gasteiger partial charge on any atom is 0.259 e. The average Bonchev–Trinajstić information content (AvgIpc) is 3.07. The maximum atomic E-state index is 13.8. The van der Waals surface area contributed by atoms with Crippen molar-refractivity contribution in [1.82, 2.24) is 0 Å². The van der Waals surface area contributed by atoms with Crippen LogP contribution in [0.1, 0.15) is 11.1 Å². The Morgan fingerprint density at radius 3 is 2.10 bits per heavy atom. The second-order valence-electron chi connectivity index (χ2n) is 7.01. The number of nitrogens with zero attached hydrogens (tertiary/aromatic N) is 1. The first-order chi connectivity index (χ1) is 14.3. The largest absolute Gasteiger partial charge is 0.304 e. The zero-order valence-electron chi connectivity index (χ0n) is 16.0. The summed E-state index contributed by atoms with van der Waals surface area (Å²) in [6, 6.07) is 18.7. The number of hydrogen-bond acceptors (Lipinski definition) is 3. The van der Waals surface area contributed by atoms with Crippen molar-refractivity contribution in [3.63, 3.8) is 0 Å². The third-order valence-corrected chi connectivity index (χ3v) is 6.11. The first-order valence-electron chi connectivity index (χ1n) is 9.11. The Bertz CT molecular complexity index is 1270. The summed E-state index contributed by atoms with van der Waals surface area (Å²) in [5.41, 5.74) is 2.73. The minimum absolute atomic E-state index is 0.145. The Hall–Kier alpha value is -3.32. The van der Waals surface area contributed by atoms with E-state index in [0.717, 1.165) is 18.4 Å². The van der Waals surface area contributed by atoms with Crippen molar-refractivity contribution in [2.75, 3.05) is 17.7 Å². The van der Waals surface area contributed by atoms with Crippen LogP contribution in [0.5, 0.6) is 0 Å². The van der Waals surface area contributed by atoms with Gasteiger partial charge >= 0.3 is 0 Å². The second-order valence-corrected chi connectivity index (χ2v) is 9.02. The van der Waals surface area contributed by atoms with Crippen molar-refractivity contribution < 1.29 is 22.0 Å². The monoisotopic (exact) mass is 425 g/mol. The molecule has 1 amide bonds. The Balaban J connectivity index is 1.82. The summed E-state index contributed by atoms with van der Waals surface area (Å²) >= 11 is 0. The van der Waals surface area contributed by atoms with Crippen LogP contribution in [0.4, 0.5) is 14.5 Å². The van der Waals surface area contributed by atoms with Crippen LogP contribution in [0.25, 0.3) is 11.1 Å². The summed E-state index contributed by atoms with van der Waals surface area (Å²) in [6.07, 6.45) is 1.13. The summed E-state index contributed by atoms with van der Waals surface area (Å²) in [7, 11) is -3.35. The van der Waals surface area contributed by atoms with Gasteiger partial charge in [0.05, 0.1) is 17.0 Å². The first-order valence-corrected chi connectivity index (χ1v) is 11.0. The van der Waals surface area contributed by atoms with Gasteiger partial charge in [-0.2, -0.15) is 0 Å². The average molecular weight is 425 g/mol. The highest BCUT2D eigenvalue weighted by atomic mass is 32.2. The van der Waals surface area contributed by atoms with Crippen molar-refractivity contribution in [1.29, 1.82) is 0 Å². The molecule has 0 aromatic heterocycles. The topological polar surface area (TPSA) is 54.5 Å². The number of hydrogen-bond donors (Lipinski definition) is 0. The van der Waals surface area contributed by atoms with E-state index >= 15 is 0 Å². The van der Waals surface area contributed by atoms with Gasteiger partial charge in [-0.1, -0.05) is 42.5 Å². The molecule has 0 atom stereocenters. The molecule has 0 aliphatic carbocycles. The lowest BCUT2D eigenvalue weighted by Crippen LogP contribution is -2.26. The molecule has 3 aromatic rings. The molecule has 0 N–H and O–H groups in total. The molecule has 0 saturated heterocycles. The van der Waals surface area contributed by atoms with E-state index in [1.165, 1.54) is 23.1 Å². The zero-order valence-corrected chi connectivity index (χ0v) is 16.8. The normalized spacial score (nSPS) is 14.5. The fourth-order valence-electron chi connectivity index (χ4n) is 3.48. The van der Waals surface area contributed by atoms with Crippen molar-refractivity contribution >= 4 is 32.6 Å². The van der Waals surface area contributed by atoms with Gasteiger partial charge in [-0.05, 0) is 41.0 Å². The van der Waals surface area contributed by atoms with Crippen molar-refractivity contribution in [3.8, 4) is 0 Å². The van der Waals surface area contributed by atoms with E-state index in [1.54, 1.807) is 36.4 Å². The highest BCUT2D eigenvalue weighted by Gasteiger charge is 2.33. The van der Waals surface area contributed by atoms with Crippen LogP contribution in [-0.4, -0.2) is 27.1 Å². The molecule has 3 aromatic carbocycles. The SMILES string of the molecule is CS(=O)(=O)c1ccc(C2=C(c3ccccc3)C(=O)N(c3ccc(F)c(F)c3)C2)cc1. The molecule has 4 nitrogen and oxygen atoms in total. The third kappa shape index (κ3) is 3.64. The van der Waals surface area contributed by atoms with E-state index in [-0.39, 0.29) is 23.0 Å². The number of rotatable bonds is 4. The number of carbonyl (C=O) groups is 1. The van der Waals surface area contributed by atoms with Gasteiger partial charge in [-0.25, -0.2) is 17.2 Å². The molecule has 30 heavy (non-hydrogen) atoms. The van der Waals surface area contributed by atoms with Crippen LogP contribution in [0, 0.1) is 11.6 Å². The number of anilines is 1. The van der Waals surface area contributed by atoms with Gasteiger partial charge in [-0.15, -0.1) is 0 Å². The minimum atomic E-state index is -3.35. The molecule has 152 valence electrons. The molecule has 1 aliphatic heterocycles. The highest BCUT2D eigenvalue weighted by molar-refractivity contribution is 7.90. The molecule has 0 unspecified atom stereocenters. The van der Waals surface area contributed by atoms with E-state index < -0.39 is 21.5 Å². The van der Waals surface area contributed by atoms with Crippen LogP contribution >= 0.6 is 0 Å². The van der Waals surface area contributed by atoms with E-state index in [9.17, 15) is 22.0 Å². The lowest BCUT2D eigenvalue weighted by atomic mass is 9.97. The lowest BCUT2D eigenvalue weighted by molar-refractivity contribution is -0.112. The number of halogens is 2. The van der Waals surface area contributed by atoms with Crippen LogP contribution in [-0.2, 0) is 14.6 Å². The van der Waals surface area contributed by atoms with Gasteiger partial charge in [0.1, 0.15) is 0 Å². The smallest absolute Gasteiger partial charge is 0.259 e. The Morgan fingerprint density at radius 1 is 0.833 bits per heavy atom. The van der Waals surface area contributed by atoms with Crippen molar-refractivity contribution in [2.45, 2.75) is 4.90 Å². The molecule has 1 heterocycles. The molecule has 7 heteroatoms. The maximum absolute atomic E-state index is 13.8. The molecule has 1 aliphatic rings. The Labute approximate surface area is 173 Å². The Morgan fingerprint density at radius 2 is 1.50 bits per heavy atom. The van der Waals surface area contributed by atoms with Gasteiger partial charge in [-0.3, -0.25) is 4.79 Å². The van der Waals surface area contributed by atoms with E-state index in [0.29, 0.717) is 22.3 Å². The molecular formula is C23H17F2NO3S. The summed E-state index contributed by atoms with van der Waals surface area (Å²) in [5, 5.41) is 0. The number of carbonyl (C=O) groups excluding carboxylic acids is 1. The van der Waals surface area contributed by atoms with E-state index in [1.807, 2.05) is 6.07 Å². The fraction of sp³-hybridized carbons (Fsp3) is 0.0870. The number of benzene rings is 3. The molecule has 0 spiro atoms. The van der Waals surface area contributed by atoms with Crippen LogP contribution in [0.2, 0.25) is 0 Å². The lowest BCUT2D eigenvalue weighted by Gasteiger charge is -2.17. The molecular weight excluding hydrogens is 408 g/mol. The van der Waals surface area contributed by atoms with Gasteiger partial charge in [0.25, 0.3) is 5.91 Å². The van der Waals surface area contributed by atoms with Crippen LogP contribution < -0.4 is 4.90 Å². The minimum Gasteiger partial charge on any atom is -0.304 e. The highest BCUT2D eigenvalue weighted by Crippen LogP contribution is 2.37. The van der Waals surface area contributed by atoms with Crippen LogP contribution in [0.3, 0.4) is 0 Å². The van der Waals surface area contributed by atoms with Gasteiger partial charge in [0.15, 0.2) is 21.5 Å². The summed E-state index contributed by atoms with van der Waals surface area (Å²) in [6.45, 7) is 0.145. The van der Waals surface area contributed by atoms with Gasteiger partial charge in [0, 0.05) is 18.0 Å². The standard InChI is InChI=1S/C23H17F2NO3S/c1-30(28,29)18-10-7-15(8-11-18)19-14-26(17-9-12-20(24)21(25)13-17)23(27)22(19)16-5-3-2-4-6-16/h2-13H,14H2,1H3. The fourth-order valence-corrected chi connectivity index (χ4v) is 4.11. The van der Waals surface area contributed by atoms with E-state index in [2.05, 4.69) is 0 Å². The molecule has 0 bridgehead atoms. The zero-order chi connectivity index (χ0) is 21.5. The number of sulfone groups is 1. The van der Waals surface area contributed by atoms with Crippen LogP contribution in [0.15, 0.2) is 77.7 Å². The predicted octanol–water partition coefficient (Wildman–Crippen LogP) is 4.33. The van der Waals surface area contributed by atoms with E-state index in [4.69, 9.17) is 0 Å². The Kier molecular flexibility index (Phi) is 4.99. The van der Waals surface area contributed by atoms with Gasteiger partial charge in [0.2, 0.25) is 0 Å². The molecule has 0 fully saturated rings. The molecule has 4 rings (SSSR count). The van der Waals surface area contributed by atoms with Crippen molar-refractivity contribution in [3.05, 3.63) is 95.6 Å². The summed E-state index contributed by atoms with van der Waals surface area (Å²) in [4.78, 5) is 14.8. The molecule has 0 saturated carbocycles. The van der Waals surface area contributed by atoms with Gasteiger partial charge < -0.3 is 4.90 Å². The summed E-state index contributed by atoms with van der Waals surface area (Å²) in [5.74, 6) is -2.36. The summed E-state index contributed by atoms with van der Waals surface area (Å²) < 4.78 is 50.7. The third-order valence-electron chi connectivity index (χ3n) is 4.99. The first kappa shape index (κ1) is 20.0. The second kappa shape index (κ2) is 7.50. The number of amides is 1. The van der Waals surface area contributed by atoms with Crippen molar-refractivity contribution in [2.24, 2.45) is 0 Å². The molecule has 0 radical (unpaired) electrons. The quantitative estimate of drug-likeness (QED) is 0.625.